The molecule has 0 aromatic heterocycles. The van der Waals surface area contributed by atoms with Crippen molar-refractivity contribution in [3.8, 4) is 0 Å². The summed E-state index contributed by atoms with van der Waals surface area (Å²) >= 11 is 0. The number of carbonyl (C=O) groups is 2. The second-order valence-electron chi connectivity index (χ2n) is 4.25. The monoisotopic (exact) mass is 264 g/mol. The zero-order valence-electron chi connectivity index (χ0n) is 11.4. The standard InChI is InChI=1S/C14H20N2O3/c1-11-3-5-12(6-4-11)7-8-13(17)15-9-10-16-14(18)19-2/h3-6H,7-10H2,1-2H3,(H,15,17)(H,16,18). The number of alkyl carbamates (subject to hydrolysis) is 1. The third kappa shape index (κ3) is 6.45. The minimum atomic E-state index is -0.492. The molecular formula is C14H20N2O3. The van der Waals surface area contributed by atoms with Gasteiger partial charge in [-0.25, -0.2) is 4.79 Å². The van der Waals surface area contributed by atoms with Gasteiger partial charge in [-0.15, -0.1) is 0 Å². The van der Waals surface area contributed by atoms with Crippen molar-refractivity contribution in [1.29, 1.82) is 0 Å². The van der Waals surface area contributed by atoms with E-state index in [0.29, 0.717) is 19.5 Å². The maximum absolute atomic E-state index is 11.5. The van der Waals surface area contributed by atoms with Gasteiger partial charge in [-0.2, -0.15) is 0 Å². The van der Waals surface area contributed by atoms with Crippen molar-refractivity contribution in [1.82, 2.24) is 10.6 Å². The number of aryl methyl sites for hydroxylation is 2. The molecule has 5 nitrogen and oxygen atoms in total. The first kappa shape index (κ1) is 15.0. The lowest BCUT2D eigenvalue weighted by Crippen LogP contribution is -2.34. The molecule has 2 N–H and O–H groups in total. The zero-order valence-corrected chi connectivity index (χ0v) is 11.4. The molecule has 0 fully saturated rings. The molecular weight excluding hydrogens is 244 g/mol. The van der Waals surface area contributed by atoms with E-state index in [4.69, 9.17) is 0 Å². The molecule has 0 unspecified atom stereocenters. The molecule has 0 radical (unpaired) electrons. The topological polar surface area (TPSA) is 67.4 Å². The van der Waals surface area contributed by atoms with E-state index >= 15 is 0 Å². The van der Waals surface area contributed by atoms with Crippen molar-refractivity contribution in [2.24, 2.45) is 0 Å². The van der Waals surface area contributed by atoms with Crippen LogP contribution in [0.25, 0.3) is 0 Å². The number of hydrogen-bond acceptors (Lipinski definition) is 3. The molecule has 0 saturated heterocycles. The number of nitrogens with one attached hydrogen (secondary N) is 2. The van der Waals surface area contributed by atoms with Crippen LogP contribution in [-0.2, 0) is 16.0 Å². The van der Waals surface area contributed by atoms with E-state index in [2.05, 4.69) is 15.4 Å². The van der Waals surface area contributed by atoms with Gasteiger partial charge in [-0.1, -0.05) is 29.8 Å². The Balaban J connectivity index is 2.14. The van der Waals surface area contributed by atoms with Crippen molar-refractivity contribution >= 4 is 12.0 Å². The minimum absolute atomic E-state index is 0.0211. The highest BCUT2D eigenvalue weighted by Gasteiger charge is 2.02. The largest absolute Gasteiger partial charge is 0.453 e. The van der Waals surface area contributed by atoms with Gasteiger partial charge in [0.15, 0.2) is 0 Å². The molecule has 0 spiro atoms. The van der Waals surface area contributed by atoms with Gasteiger partial charge in [-0.05, 0) is 18.9 Å². The van der Waals surface area contributed by atoms with Crippen molar-refractivity contribution < 1.29 is 14.3 Å². The summed E-state index contributed by atoms with van der Waals surface area (Å²) in [5, 5.41) is 5.23. The fourth-order valence-corrected chi connectivity index (χ4v) is 1.54. The number of carbonyl (C=O) groups excluding carboxylic acids is 2. The fraction of sp³-hybridized carbons (Fsp3) is 0.429. The van der Waals surface area contributed by atoms with Crippen molar-refractivity contribution in [3.63, 3.8) is 0 Å². The average Bonchev–Trinajstić information content (AvgIpc) is 2.42. The molecule has 1 rings (SSSR count). The van der Waals surface area contributed by atoms with Crippen molar-refractivity contribution in [2.75, 3.05) is 20.2 Å². The van der Waals surface area contributed by atoms with Crippen LogP contribution in [0.2, 0.25) is 0 Å². The summed E-state index contributed by atoms with van der Waals surface area (Å²) in [6.07, 6.45) is 0.673. The van der Waals surface area contributed by atoms with Crippen LogP contribution in [0, 0.1) is 6.92 Å². The molecule has 2 amide bonds. The first-order valence-electron chi connectivity index (χ1n) is 6.26. The highest BCUT2D eigenvalue weighted by molar-refractivity contribution is 5.76. The Bertz CT molecular complexity index is 415. The second kappa shape index (κ2) is 8.13. The molecule has 19 heavy (non-hydrogen) atoms. The second-order valence-corrected chi connectivity index (χ2v) is 4.25. The maximum atomic E-state index is 11.5. The smallest absolute Gasteiger partial charge is 0.406 e. The summed E-state index contributed by atoms with van der Waals surface area (Å²) in [6, 6.07) is 8.13. The first-order chi connectivity index (χ1) is 9.11. The van der Waals surface area contributed by atoms with Crippen LogP contribution in [-0.4, -0.2) is 32.2 Å². The third-order valence-corrected chi connectivity index (χ3v) is 2.66. The van der Waals surface area contributed by atoms with E-state index in [1.807, 2.05) is 31.2 Å². The molecule has 1 aromatic rings. The van der Waals surface area contributed by atoms with Crippen molar-refractivity contribution in [2.45, 2.75) is 19.8 Å². The summed E-state index contributed by atoms with van der Waals surface area (Å²) in [4.78, 5) is 22.3. The number of methoxy groups -OCH3 is 1. The molecule has 0 saturated carbocycles. The lowest BCUT2D eigenvalue weighted by molar-refractivity contribution is -0.121. The highest BCUT2D eigenvalue weighted by atomic mass is 16.5. The van der Waals surface area contributed by atoms with Gasteiger partial charge >= 0.3 is 6.09 Å². The van der Waals surface area contributed by atoms with E-state index in [0.717, 1.165) is 12.0 Å². The number of rotatable bonds is 6. The molecule has 0 aliphatic heterocycles. The summed E-state index contributed by atoms with van der Waals surface area (Å²) in [5.74, 6) is -0.0211. The number of ether oxygens (including phenoxy) is 1. The molecule has 0 heterocycles. The number of amides is 2. The Morgan fingerprint density at radius 2 is 1.74 bits per heavy atom. The first-order valence-corrected chi connectivity index (χ1v) is 6.26. The van der Waals surface area contributed by atoms with Gasteiger partial charge in [0.2, 0.25) is 5.91 Å². The molecule has 0 bridgehead atoms. The van der Waals surface area contributed by atoms with E-state index in [1.54, 1.807) is 0 Å². The molecule has 0 atom stereocenters. The highest BCUT2D eigenvalue weighted by Crippen LogP contribution is 2.05. The van der Waals surface area contributed by atoms with Gasteiger partial charge in [0, 0.05) is 19.5 Å². The van der Waals surface area contributed by atoms with E-state index in [1.165, 1.54) is 12.7 Å². The lowest BCUT2D eigenvalue weighted by atomic mass is 10.1. The van der Waals surface area contributed by atoms with Crippen LogP contribution in [0.5, 0.6) is 0 Å². The van der Waals surface area contributed by atoms with E-state index in [-0.39, 0.29) is 5.91 Å². The van der Waals surface area contributed by atoms with E-state index in [9.17, 15) is 9.59 Å². The third-order valence-electron chi connectivity index (χ3n) is 2.66. The Hall–Kier alpha value is -2.04. The molecule has 0 aliphatic carbocycles. The predicted molar refractivity (Wildman–Crippen MR) is 72.9 cm³/mol. The average molecular weight is 264 g/mol. The Labute approximate surface area is 113 Å². The molecule has 5 heteroatoms. The van der Waals surface area contributed by atoms with Gasteiger partial charge in [0.25, 0.3) is 0 Å². The summed E-state index contributed by atoms with van der Waals surface area (Å²) in [5.41, 5.74) is 2.36. The van der Waals surface area contributed by atoms with Gasteiger partial charge in [-0.3, -0.25) is 4.79 Å². The van der Waals surface area contributed by atoms with E-state index < -0.39 is 6.09 Å². The van der Waals surface area contributed by atoms with Crippen LogP contribution in [0.15, 0.2) is 24.3 Å². The SMILES string of the molecule is COC(=O)NCCNC(=O)CCc1ccc(C)cc1. The van der Waals surface area contributed by atoms with Crippen LogP contribution in [0.1, 0.15) is 17.5 Å². The van der Waals surface area contributed by atoms with Crippen LogP contribution in [0.4, 0.5) is 4.79 Å². The van der Waals surface area contributed by atoms with Gasteiger partial charge < -0.3 is 15.4 Å². The molecule has 0 aliphatic rings. The van der Waals surface area contributed by atoms with Crippen LogP contribution < -0.4 is 10.6 Å². The number of benzene rings is 1. The summed E-state index contributed by atoms with van der Waals surface area (Å²) in [6.45, 7) is 2.80. The quantitative estimate of drug-likeness (QED) is 0.763. The molecule has 104 valence electrons. The zero-order chi connectivity index (χ0) is 14.1. The number of hydrogen-bond donors (Lipinski definition) is 2. The Morgan fingerprint density at radius 3 is 2.37 bits per heavy atom. The van der Waals surface area contributed by atoms with Crippen LogP contribution in [0.3, 0.4) is 0 Å². The normalized spacial score (nSPS) is 9.79. The lowest BCUT2D eigenvalue weighted by Gasteiger charge is -2.06. The Kier molecular flexibility index (Phi) is 6.43. The van der Waals surface area contributed by atoms with Gasteiger partial charge in [0.1, 0.15) is 0 Å². The fourth-order valence-electron chi connectivity index (χ4n) is 1.54. The predicted octanol–water partition coefficient (Wildman–Crippen LogP) is 1.40. The van der Waals surface area contributed by atoms with Crippen molar-refractivity contribution in [3.05, 3.63) is 35.4 Å². The minimum Gasteiger partial charge on any atom is -0.453 e. The maximum Gasteiger partial charge on any atom is 0.406 e. The summed E-state index contributed by atoms with van der Waals surface area (Å²) in [7, 11) is 1.30. The van der Waals surface area contributed by atoms with Gasteiger partial charge in [0.05, 0.1) is 7.11 Å². The molecule has 1 aromatic carbocycles. The summed E-state index contributed by atoms with van der Waals surface area (Å²) < 4.78 is 4.41. The van der Waals surface area contributed by atoms with Crippen LogP contribution >= 0.6 is 0 Å². The Morgan fingerprint density at radius 1 is 1.11 bits per heavy atom.